The number of anilines is 1. The first kappa shape index (κ1) is 21.5. The van der Waals surface area contributed by atoms with Crippen molar-refractivity contribution < 1.29 is 14.5 Å². The van der Waals surface area contributed by atoms with E-state index in [1.165, 1.54) is 30.0 Å². The third-order valence-corrected chi connectivity index (χ3v) is 5.34. The number of methoxy groups -OCH3 is 1. The molecule has 0 unspecified atom stereocenters. The molecule has 11 heteroatoms. The molecule has 0 fully saturated rings. The first-order valence-electron chi connectivity index (χ1n) is 9.16. The topological polar surface area (TPSA) is 117 Å². The zero-order valence-corrected chi connectivity index (χ0v) is 17.5. The fraction of sp³-hybridized carbons (Fsp3) is 0.316. The molecule has 1 aromatic carbocycles. The zero-order valence-electron chi connectivity index (χ0n) is 16.6. The molecular formula is C19H22N6O4S. The minimum Gasteiger partial charge on any atom is -0.383 e. The van der Waals surface area contributed by atoms with Gasteiger partial charge in [-0.05, 0) is 18.2 Å². The van der Waals surface area contributed by atoms with Gasteiger partial charge in [-0.15, -0.1) is 10.2 Å². The average Bonchev–Trinajstić information content (AvgIpc) is 3.31. The Balaban J connectivity index is 1.66. The number of non-ortho nitro benzene ring substituents is 1. The number of ether oxygens (including phenoxy) is 1. The Bertz CT molecular complexity index is 1030. The fourth-order valence-corrected chi connectivity index (χ4v) is 3.61. The van der Waals surface area contributed by atoms with Crippen LogP contribution in [-0.2, 0) is 29.5 Å². The van der Waals surface area contributed by atoms with Crippen LogP contribution in [0.5, 0.6) is 0 Å². The molecular weight excluding hydrogens is 408 g/mol. The van der Waals surface area contributed by atoms with Crippen LogP contribution in [0.1, 0.15) is 11.5 Å². The van der Waals surface area contributed by atoms with Gasteiger partial charge in [-0.3, -0.25) is 14.9 Å². The number of rotatable bonds is 10. The lowest BCUT2D eigenvalue weighted by Crippen LogP contribution is -2.15. The van der Waals surface area contributed by atoms with E-state index < -0.39 is 4.92 Å². The van der Waals surface area contributed by atoms with Gasteiger partial charge < -0.3 is 19.2 Å². The summed E-state index contributed by atoms with van der Waals surface area (Å²) in [5, 5.41) is 22.7. The van der Waals surface area contributed by atoms with Gasteiger partial charge in [0.1, 0.15) is 5.82 Å². The number of carbonyl (C=O) groups is 1. The van der Waals surface area contributed by atoms with E-state index in [0.717, 1.165) is 11.5 Å². The maximum Gasteiger partial charge on any atom is 0.271 e. The summed E-state index contributed by atoms with van der Waals surface area (Å²) in [6.45, 7) is 1.06. The largest absolute Gasteiger partial charge is 0.383 e. The van der Waals surface area contributed by atoms with E-state index in [0.29, 0.717) is 30.4 Å². The third-order valence-electron chi connectivity index (χ3n) is 4.38. The lowest BCUT2D eigenvalue weighted by Gasteiger charge is -2.10. The molecule has 0 atom stereocenters. The van der Waals surface area contributed by atoms with E-state index in [2.05, 4.69) is 15.5 Å². The van der Waals surface area contributed by atoms with E-state index >= 15 is 0 Å². The SMILES string of the molecule is COCCn1c(Cc2cccn2C)nnc1SCC(=O)Nc1cccc([N+](=O)[O-])c1. The molecule has 0 spiro atoms. The Morgan fingerprint density at radius 1 is 1.30 bits per heavy atom. The van der Waals surface area contributed by atoms with Crippen LogP contribution in [0.3, 0.4) is 0 Å². The number of hydrogen-bond donors (Lipinski definition) is 1. The zero-order chi connectivity index (χ0) is 21.5. The number of thioether (sulfide) groups is 1. The second-order valence-corrected chi connectivity index (χ2v) is 7.42. The molecule has 158 valence electrons. The molecule has 2 aromatic heterocycles. The lowest BCUT2D eigenvalue weighted by atomic mass is 10.3. The molecule has 0 aliphatic heterocycles. The van der Waals surface area contributed by atoms with Gasteiger partial charge >= 0.3 is 0 Å². The predicted molar refractivity (Wildman–Crippen MR) is 113 cm³/mol. The highest BCUT2D eigenvalue weighted by Crippen LogP contribution is 2.21. The van der Waals surface area contributed by atoms with Crippen molar-refractivity contribution in [3.63, 3.8) is 0 Å². The van der Waals surface area contributed by atoms with Gasteiger partial charge in [0.05, 0.1) is 17.3 Å². The minimum absolute atomic E-state index is 0.0786. The number of nitro groups is 1. The second kappa shape index (κ2) is 10.0. The Labute approximate surface area is 177 Å². The summed E-state index contributed by atoms with van der Waals surface area (Å²) in [4.78, 5) is 22.7. The molecule has 0 bridgehead atoms. The summed E-state index contributed by atoms with van der Waals surface area (Å²) in [6, 6.07) is 9.82. The molecule has 10 nitrogen and oxygen atoms in total. The fourth-order valence-electron chi connectivity index (χ4n) is 2.83. The van der Waals surface area contributed by atoms with Crippen LogP contribution in [0.15, 0.2) is 47.8 Å². The third kappa shape index (κ3) is 5.45. The first-order chi connectivity index (χ1) is 14.5. The van der Waals surface area contributed by atoms with Gasteiger partial charge in [0, 0.05) is 56.8 Å². The van der Waals surface area contributed by atoms with E-state index in [9.17, 15) is 14.9 Å². The molecule has 1 amide bonds. The normalized spacial score (nSPS) is 10.9. The van der Waals surface area contributed by atoms with Crippen molar-refractivity contribution in [3.8, 4) is 0 Å². The van der Waals surface area contributed by atoms with Crippen molar-refractivity contribution >= 4 is 29.0 Å². The molecule has 1 N–H and O–H groups in total. The van der Waals surface area contributed by atoms with Crippen LogP contribution in [0.2, 0.25) is 0 Å². The number of nitrogens with zero attached hydrogens (tertiary/aromatic N) is 5. The summed E-state index contributed by atoms with van der Waals surface area (Å²) in [6.07, 6.45) is 2.58. The molecule has 2 heterocycles. The van der Waals surface area contributed by atoms with Gasteiger partial charge in [-0.2, -0.15) is 0 Å². The van der Waals surface area contributed by atoms with E-state index in [4.69, 9.17) is 4.74 Å². The predicted octanol–water partition coefficient (Wildman–Crippen LogP) is 2.49. The molecule has 0 saturated heterocycles. The minimum atomic E-state index is -0.503. The molecule has 0 radical (unpaired) electrons. The van der Waals surface area contributed by atoms with Crippen molar-refractivity contribution in [2.24, 2.45) is 7.05 Å². The summed E-state index contributed by atoms with van der Waals surface area (Å²) in [5.41, 5.74) is 1.39. The second-order valence-electron chi connectivity index (χ2n) is 6.47. The Hall–Kier alpha value is -3.18. The van der Waals surface area contributed by atoms with Crippen LogP contribution in [-0.4, -0.2) is 49.6 Å². The monoisotopic (exact) mass is 430 g/mol. The molecule has 3 aromatic rings. The van der Waals surface area contributed by atoms with Crippen molar-refractivity contribution in [1.29, 1.82) is 0 Å². The number of nitro benzene ring substituents is 1. The number of hydrogen-bond acceptors (Lipinski definition) is 7. The summed E-state index contributed by atoms with van der Waals surface area (Å²) >= 11 is 1.25. The van der Waals surface area contributed by atoms with E-state index in [1.54, 1.807) is 13.2 Å². The lowest BCUT2D eigenvalue weighted by molar-refractivity contribution is -0.384. The van der Waals surface area contributed by atoms with Gasteiger partial charge in [0.2, 0.25) is 5.91 Å². The maximum atomic E-state index is 12.3. The van der Waals surface area contributed by atoms with Crippen LogP contribution in [0.25, 0.3) is 0 Å². The van der Waals surface area contributed by atoms with E-state index in [-0.39, 0.29) is 17.3 Å². The summed E-state index contributed by atoms with van der Waals surface area (Å²) in [5.74, 6) is 0.596. The van der Waals surface area contributed by atoms with Gasteiger partial charge in [-0.25, -0.2) is 0 Å². The Kier molecular flexibility index (Phi) is 7.20. The molecule has 0 aliphatic rings. The highest BCUT2D eigenvalue weighted by molar-refractivity contribution is 7.99. The van der Waals surface area contributed by atoms with Gasteiger partial charge in [-0.1, -0.05) is 17.8 Å². The number of benzene rings is 1. The Morgan fingerprint density at radius 2 is 2.13 bits per heavy atom. The Morgan fingerprint density at radius 3 is 2.83 bits per heavy atom. The highest BCUT2D eigenvalue weighted by atomic mass is 32.2. The first-order valence-corrected chi connectivity index (χ1v) is 10.1. The van der Waals surface area contributed by atoms with Crippen molar-refractivity contribution in [1.82, 2.24) is 19.3 Å². The maximum absolute atomic E-state index is 12.3. The number of carbonyl (C=O) groups excluding carboxylic acids is 1. The van der Waals surface area contributed by atoms with Crippen LogP contribution in [0, 0.1) is 10.1 Å². The molecule has 0 aliphatic carbocycles. The number of aryl methyl sites for hydroxylation is 1. The number of nitrogens with one attached hydrogen (secondary N) is 1. The summed E-state index contributed by atoms with van der Waals surface area (Å²) in [7, 11) is 3.60. The molecule has 0 saturated carbocycles. The van der Waals surface area contributed by atoms with Crippen LogP contribution < -0.4 is 5.32 Å². The van der Waals surface area contributed by atoms with Crippen LogP contribution in [0.4, 0.5) is 11.4 Å². The summed E-state index contributed by atoms with van der Waals surface area (Å²) < 4.78 is 9.16. The highest BCUT2D eigenvalue weighted by Gasteiger charge is 2.16. The molecule has 3 rings (SSSR count). The van der Waals surface area contributed by atoms with Crippen molar-refractivity contribution in [2.45, 2.75) is 18.1 Å². The van der Waals surface area contributed by atoms with Gasteiger partial charge in [0.15, 0.2) is 5.16 Å². The average molecular weight is 430 g/mol. The molecule has 30 heavy (non-hydrogen) atoms. The van der Waals surface area contributed by atoms with E-state index in [1.807, 2.05) is 34.5 Å². The van der Waals surface area contributed by atoms with Crippen LogP contribution >= 0.6 is 11.8 Å². The number of aromatic nitrogens is 4. The van der Waals surface area contributed by atoms with Crippen molar-refractivity contribution in [2.75, 3.05) is 24.8 Å². The quantitative estimate of drug-likeness (QED) is 0.298. The van der Waals surface area contributed by atoms with Crippen molar-refractivity contribution in [3.05, 3.63) is 64.2 Å². The number of amides is 1. The smallest absolute Gasteiger partial charge is 0.271 e. The van der Waals surface area contributed by atoms with Gasteiger partial charge in [0.25, 0.3) is 5.69 Å². The standard InChI is InChI=1S/C19H22N6O4S/c1-23-8-4-7-15(23)12-17-21-22-19(24(17)9-10-29-2)30-13-18(26)20-14-5-3-6-16(11-14)25(27)28/h3-8,11H,9-10,12-13H2,1-2H3,(H,20,26).